The lowest BCUT2D eigenvalue weighted by molar-refractivity contribution is -0.146. The number of esters is 7. The van der Waals surface area contributed by atoms with E-state index in [1.807, 2.05) is 0 Å². The first kappa shape index (κ1) is 69.2. The molecule has 0 radical (unpaired) electrons. The molecule has 0 atom stereocenters. The Morgan fingerprint density at radius 3 is 0.548 bits per heavy atom. The molecule has 0 rings (SSSR count). The van der Waals surface area contributed by atoms with Gasteiger partial charge in [-0.3, -0.25) is 33.6 Å². The van der Waals surface area contributed by atoms with Gasteiger partial charge in [0.1, 0.15) is 0 Å². The molecule has 0 aliphatic carbocycles. The lowest BCUT2D eigenvalue weighted by Gasteiger charge is -2.07. The van der Waals surface area contributed by atoms with E-state index >= 15 is 0 Å². The van der Waals surface area contributed by atoms with Gasteiger partial charge in [-0.15, -0.1) is 0 Å². The Balaban J connectivity index is 3.46. The molecule has 1 N–H and O–H groups in total. The van der Waals surface area contributed by atoms with E-state index in [-0.39, 0.29) is 48.4 Å². The molecule has 0 fully saturated rings. The summed E-state index contributed by atoms with van der Waals surface area (Å²) in [5.41, 5.74) is 0. The summed E-state index contributed by atoms with van der Waals surface area (Å²) >= 11 is 0. The highest BCUT2D eigenvalue weighted by Crippen LogP contribution is 2.14. The van der Waals surface area contributed by atoms with Crippen molar-refractivity contribution in [3.63, 3.8) is 0 Å². The standard InChI is InChI=1S/C58H104O15/c1-2-3-4-5-6-7-8-9-10-11-12-13-14-30-45-67-53(61)38-23-16-32-47-69-55(63)40-25-18-34-49-71-57(65)42-27-20-36-51-73-58(66)43-28-21-35-50-72-56(64)41-26-19-33-48-70-54(62)39-24-17-31-46-68-52(60)37-22-15-29-44-59/h59H,2-51H2,1H3. The molecule has 73 heavy (non-hydrogen) atoms. The van der Waals surface area contributed by atoms with Crippen molar-refractivity contribution in [2.75, 3.05) is 52.9 Å². The number of hydrogen-bond acceptors (Lipinski definition) is 15. The number of aliphatic hydroxyl groups excluding tert-OH is 1. The molecule has 426 valence electrons. The van der Waals surface area contributed by atoms with Crippen LogP contribution in [0.3, 0.4) is 0 Å². The van der Waals surface area contributed by atoms with Crippen LogP contribution in [0.1, 0.15) is 277 Å². The van der Waals surface area contributed by atoms with Gasteiger partial charge in [-0.1, -0.05) is 96.8 Å². The Bertz CT molecular complexity index is 1340. The molecule has 0 aromatic carbocycles. The molecule has 15 heteroatoms. The van der Waals surface area contributed by atoms with Gasteiger partial charge in [-0.25, -0.2) is 0 Å². The highest BCUT2D eigenvalue weighted by atomic mass is 16.6. The summed E-state index contributed by atoms with van der Waals surface area (Å²) in [4.78, 5) is 83.7. The molecule has 0 saturated carbocycles. The second-order valence-corrected chi connectivity index (χ2v) is 19.5. The van der Waals surface area contributed by atoms with Gasteiger partial charge >= 0.3 is 41.8 Å². The molecule has 0 amide bonds. The molecule has 0 unspecified atom stereocenters. The Labute approximate surface area is 441 Å². The van der Waals surface area contributed by atoms with Crippen molar-refractivity contribution in [3.05, 3.63) is 0 Å². The van der Waals surface area contributed by atoms with E-state index in [4.69, 9.17) is 38.3 Å². The Morgan fingerprint density at radius 1 is 0.219 bits per heavy atom. The predicted octanol–water partition coefficient (Wildman–Crippen LogP) is 13.2. The van der Waals surface area contributed by atoms with Crippen LogP contribution in [-0.4, -0.2) is 99.7 Å². The quantitative estimate of drug-likeness (QED) is 0.0342. The van der Waals surface area contributed by atoms with Crippen molar-refractivity contribution < 1.29 is 71.8 Å². The van der Waals surface area contributed by atoms with Crippen LogP contribution in [-0.2, 0) is 66.7 Å². The zero-order chi connectivity index (χ0) is 53.3. The minimum absolute atomic E-state index is 0.137. The minimum Gasteiger partial charge on any atom is -0.466 e. The fourth-order valence-corrected chi connectivity index (χ4v) is 7.95. The second kappa shape index (κ2) is 56.0. The van der Waals surface area contributed by atoms with Crippen LogP contribution in [0.5, 0.6) is 0 Å². The van der Waals surface area contributed by atoms with Crippen LogP contribution in [0.4, 0.5) is 0 Å². The van der Waals surface area contributed by atoms with E-state index < -0.39 is 0 Å². The van der Waals surface area contributed by atoms with Gasteiger partial charge in [-0.2, -0.15) is 0 Å². The van der Waals surface area contributed by atoms with Crippen LogP contribution in [0.2, 0.25) is 0 Å². The molecule has 0 aromatic heterocycles. The Morgan fingerprint density at radius 2 is 0.370 bits per heavy atom. The fourth-order valence-electron chi connectivity index (χ4n) is 7.95. The Hall–Kier alpha value is -3.75. The Kier molecular flexibility index (Phi) is 53.1. The first-order valence-corrected chi connectivity index (χ1v) is 29.4. The summed E-state index contributed by atoms with van der Waals surface area (Å²) < 4.78 is 37.0. The second-order valence-electron chi connectivity index (χ2n) is 19.5. The third-order valence-electron chi connectivity index (χ3n) is 12.5. The van der Waals surface area contributed by atoms with Crippen molar-refractivity contribution in [1.82, 2.24) is 0 Å². The number of unbranched alkanes of at least 4 members (excludes halogenated alkanes) is 27. The van der Waals surface area contributed by atoms with E-state index in [1.54, 1.807) is 0 Å². The molecule has 0 aliphatic heterocycles. The maximum absolute atomic E-state index is 12.1. The van der Waals surface area contributed by atoms with E-state index in [0.29, 0.717) is 168 Å². The van der Waals surface area contributed by atoms with Crippen molar-refractivity contribution >= 4 is 41.8 Å². The number of carbonyl (C=O) groups is 7. The first-order chi connectivity index (χ1) is 35.7. The zero-order valence-corrected chi connectivity index (χ0v) is 46.0. The van der Waals surface area contributed by atoms with Crippen LogP contribution in [0.25, 0.3) is 0 Å². The number of hydrogen-bond donors (Lipinski definition) is 1. The number of rotatable bonds is 56. The lowest BCUT2D eigenvalue weighted by Crippen LogP contribution is -2.08. The van der Waals surface area contributed by atoms with E-state index in [9.17, 15) is 33.6 Å². The molecule has 0 aliphatic rings. The van der Waals surface area contributed by atoms with Crippen molar-refractivity contribution in [2.24, 2.45) is 0 Å². The van der Waals surface area contributed by atoms with Crippen LogP contribution in [0, 0.1) is 0 Å². The maximum Gasteiger partial charge on any atom is 0.305 e. The normalized spacial score (nSPS) is 11.0. The topological polar surface area (TPSA) is 204 Å². The average Bonchev–Trinajstić information content (AvgIpc) is 3.37. The highest BCUT2D eigenvalue weighted by Gasteiger charge is 2.10. The van der Waals surface area contributed by atoms with Crippen LogP contribution >= 0.6 is 0 Å². The third-order valence-corrected chi connectivity index (χ3v) is 12.5. The molecule has 15 nitrogen and oxygen atoms in total. The van der Waals surface area contributed by atoms with Gasteiger partial charge in [0.15, 0.2) is 0 Å². The van der Waals surface area contributed by atoms with E-state index in [2.05, 4.69) is 6.92 Å². The summed E-state index contributed by atoms with van der Waals surface area (Å²) in [7, 11) is 0. The minimum atomic E-state index is -0.261. The first-order valence-electron chi connectivity index (χ1n) is 29.4. The molecule has 0 saturated heterocycles. The van der Waals surface area contributed by atoms with Crippen LogP contribution < -0.4 is 0 Å². The van der Waals surface area contributed by atoms with Gasteiger partial charge in [0, 0.05) is 51.6 Å². The zero-order valence-electron chi connectivity index (χ0n) is 46.0. The molecular weight excluding hydrogens is 937 g/mol. The highest BCUT2D eigenvalue weighted by molar-refractivity contribution is 5.71. The molecular formula is C58H104O15. The predicted molar refractivity (Wildman–Crippen MR) is 283 cm³/mol. The summed E-state index contributed by atoms with van der Waals surface area (Å²) in [6, 6.07) is 0. The molecule has 0 aromatic rings. The van der Waals surface area contributed by atoms with Crippen molar-refractivity contribution in [2.45, 2.75) is 277 Å². The summed E-state index contributed by atoms with van der Waals surface area (Å²) in [6.07, 6.45) is 35.5. The maximum atomic E-state index is 12.1. The fraction of sp³-hybridized carbons (Fsp3) is 0.879. The summed E-state index contributed by atoms with van der Waals surface area (Å²) in [6.45, 7) is 4.86. The monoisotopic (exact) mass is 1040 g/mol. The van der Waals surface area contributed by atoms with Gasteiger partial charge < -0.3 is 38.3 Å². The summed E-state index contributed by atoms with van der Waals surface area (Å²) in [5.74, 6) is -1.62. The van der Waals surface area contributed by atoms with Gasteiger partial charge in [0.2, 0.25) is 0 Å². The number of carbonyl (C=O) groups excluding carboxylic acids is 7. The number of aliphatic hydroxyl groups is 1. The molecule has 0 spiro atoms. The summed E-state index contributed by atoms with van der Waals surface area (Å²) in [5, 5.41) is 8.75. The van der Waals surface area contributed by atoms with Crippen molar-refractivity contribution in [1.29, 1.82) is 0 Å². The van der Waals surface area contributed by atoms with Gasteiger partial charge in [0.05, 0.1) is 46.2 Å². The average molecular weight is 1040 g/mol. The van der Waals surface area contributed by atoms with Crippen molar-refractivity contribution in [3.8, 4) is 0 Å². The number of ether oxygens (including phenoxy) is 7. The van der Waals surface area contributed by atoms with E-state index in [0.717, 1.165) is 70.6 Å². The van der Waals surface area contributed by atoms with Gasteiger partial charge in [0.25, 0.3) is 0 Å². The third kappa shape index (κ3) is 55.8. The smallest absolute Gasteiger partial charge is 0.305 e. The SMILES string of the molecule is CCCCCCCCCCCCCCCCOC(=O)CCCCCOC(=O)CCCCCOC(=O)CCCCCOC(=O)CCCCCOC(=O)CCCCCOC(=O)CCCCCOC(=O)CCCCCO. The molecule has 0 bridgehead atoms. The largest absolute Gasteiger partial charge is 0.466 e. The lowest BCUT2D eigenvalue weighted by atomic mass is 10.0. The van der Waals surface area contributed by atoms with E-state index in [1.165, 1.54) is 77.0 Å². The van der Waals surface area contributed by atoms with Gasteiger partial charge in [-0.05, 0) is 135 Å². The van der Waals surface area contributed by atoms with Crippen LogP contribution in [0.15, 0.2) is 0 Å². The molecule has 0 heterocycles.